The summed E-state index contributed by atoms with van der Waals surface area (Å²) in [5, 5.41) is 23.8. The summed E-state index contributed by atoms with van der Waals surface area (Å²) in [5.74, 6) is 1.57. The van der Waals surface area contributed by atoms with Gasteiger partial charge in [-0.1, -0.05) is 140 Å². The molecule has 5 heteroatoms. The van der Waals surface area contributed by atoms with Crippen molar-refractivity contribution in [3.8, 4) is 68.3 Å². The van der Waals surface area contributed by atoms with E-state index in [4.69, 9.17) is 4.98 Å². The quantitative estimate of drug-likeness (QED) is 0.169. The van der Waals surface area contributed by atoms with Gasteiger partial charge in [-0.05, 0) is 105 Å². The van der Waals surface area contributed by atoms with Gasteiger partial charge in [-0.25, -0.2) is 4.98 Å². The van der Waals surface area contributed by atoms with E-state index in [9.17, 15) is 10.5 Å². The van der Waals surface area contributed by atoms with Crippen LogP contribution in [0, 0.1) is 22.7 Å². The molecule has 11 aromatic rings. The maximum Gasteiger partial charge on any atom is 0.140 e. The Balaban J connectivity index is 1.19. The Kier molecular flexibility index (Phi) is 8.19. The molecule has 0 aliphatic heterocycles. The second kappa shape index (κ2) is 14.1. The molecule has 3 heterocycles. The van der Waals surface area contributed by atoms with Gasteiger partial charge in [0.2, 0.25) is 0 Å². The molecule has 0 bridgehead atoms. The zero-order valence-electron chi connectivity index (χ0n) is 32.3. The van der Waals surface area contributed by atoms with Crippen molar-refractivity contribution in [1.82, 2.24) is 14.1 Å². The Morgan fingerprint density at radius 1 is 0.317 bits per heavy atom. The highest BCUT2D eigenvalue weighted by molar-refractivity contribution is 6.11. The Labute approximate surface area is 346 Å². The minimum Gasteiger partial charge on any atom is -0.294 e. The molecule has 0 radical (unpaired) electrons. The molecule has 0 spiro atoms. The molecule has 5 nitrogen and oxygen atoms in total. The van der Waals surface area contributed by atoms with Gasteiger partial charge in [-0.15, -0.1) is 0 Å². The molecule has 0 aliphatic carbocycles. The number of hydrogen-bond donors (Lipinski definition) is 0. The lowest BCUT2D eigenvalue weighted by atomic mass is 9.86. The third-order valence-electron chi connectivity index (χ3n) is 11.6. The number of benzene rings is 8. The second-order valence-corrected chi connectivity index (χ2v) is 15.0. The van der Waals surface area contributed by atoms with Crippen molar-refractivity contribution in [1.29, 1.82) is 10.5 Å². The van der Waals surface area contributed by atoms with Gasteiger partial charge < -0.3 is 0 Å². The molecule has 0 saturated heterocycles. The molecule has 8 aromatic carbocycles. The summed E-state index contributed by atoms with van der Waals surface area (Å²) in [5.41, 5.74) is 14.0. The molecule has 0 fully saturated rings. The first kappa shape index (κ1) is 34.7. The molecule has 3 aromatic heterocycles. The van der Waals surface area contributed by atoms with Crippen LogP contribution in [0.1, 0.15) is 11.1 Å². The van der Waals surface area contributed by atoms with Crippen LogP contribution in [0.4, 0.5) is 0 Å². The standard InChI is InChI=1S/C55H33N5/c56-34-36-25-28-38(29-26-36)40-13-1-3-15-42(40)44-17-5-6-18-45(44)43-16-4-2-14-41(43)39-32-54(59-50-22-10-7-19-46(50)47-20-8-11-23-51(47)59)58-55(33-39)60-52-24-12-9-21-48(52)49-31-37(35-57)27-30-53(49)60/h1-33H. The van der Waals surface area contributed by atoms with Crippen LogP contribution in [0.25, 0.3) is 99.8 Å². The molecule has 0 atom stereocenters. The lowest BCUT2D eigenvalue weighted by Crippen LogP contribution is -2.04. The molecule has 0 aliphatic rings. The summed E-state index contributed by atoms with van der Waals surface area (Å²) in [6, 6.07) is 73.9. The summed E-state index contributed by atoms with van der Waals surface area (Å²) in [6.07, 6.45) is 0. The largest absolute Gasteiger partial charge is 0.294 e. The van der Waals surface area contributed by atoms with Crippen LogP contribution >= 0.6 is 0 Å². The third kappa shape index (κ3) is 5.57. The maximum absolute atomic E-state index is 9.89. The van der Waals surface area contributed by atoms with Crippen molar-refractivity contribution in [3.05, 3.63) is 211 Å². The molecule has 0 saturated carbocycles. The minimum absolute atomic E-state index is 0.617. The van der Waals surface area contributed by atoms with Crippen molar-refractivity contribution in [3.63, 3.8) is 0 Å². The van der Waals surface area contributed by atoms with Crippen LogP contribution < -0.4 is 0 Å². The fraction of sp³-hybridized carbons (Fsp3) is 0. The fourth-order valence-corrected chi connectivity index (χ4v) is 8.96. The average molecular weight is 764 g/mol. The number of nitrogens with zero attached hydrogens (tertiary/aromatic N) is 5. The number of aromatic nitrogens is 3. The van der Waals surface area contributed by atoms with Gasteiger partial charge in [0.1, 0.15) is 11.6 Å². The van der Waals surface area contributed by atoms with E-state index < -0.39 is 0 Å². The second-order valence-electron chi connectivity index (χ2n) is 15.0. The number of nitriles is 2. The summed E-state index contributed by atoms with van der Waals surface area (Å²) < 4.78 is 4.51. The van der Waals surface area contributed by atoms with Crippen molar-refractivity contribution >= 4 is 43.6 Å². The normalized spacial score (nSPS) is 11.3. The van der Waals surface area contributed by atoms with E-state index in [-0.39, 0.29) is 0 Å². The van der Waals surface area contributed by atoms with Gasteiger partial charge in [-0.3, -0.25) is 9.13 Å². The smallest absolute Gasteiger partial charge is 0.140 e. The monoisotopic (exact) mass is 763 g/mol. The fourth-order valence-electron chi connectivity index (χ4n) is 8.96. The van der Waals surface area contributed by atoms with Crippen LogP contribution in [-0.2, 0) is 0 Å². The predicted octanol–water partition coefficient (Wildman–Crippen LogP) is 13.7. The van der Waals surface area contributed by atoms with Crippen LogP contribution in [0.3, 0.4) is 0 Å². The van der Waals surface area contributed by atoms with Gasteiger partial charge in [0.25, 0.3) is 0 Å². The van der Waals surface area contributed by atoms with Gasteiger partial charge in [0.15, 0.2) is 0 Å². The lowest BCUT2D eigenvalue weighted by molar-refractivity contribution is 1.01. The summed E-state index contributed by atoms with van der Waals surface area (Å²) in [6.45, 7) is 0. The van der Waals surface area contributed by atoms with Crippen molar-refractivity contribution < 1.29 is 0 Å². The summed E-state index contributed by atoms with van der Waals surface area (Å²) in [7, 11) is 0. The average Bonchev–Trinajstić information content (AvgIpc) is 3.84. The van der Waals surface area contributed by atoms with E-state index in [0.717, 1.165) is 99.8 Å². The molecule has 0 unspecified atom stereocenters. The van der Waals surface area contributed by atoms with Crippen LogP contribution in [-0.4, -0.2) is 14.1 Å². The Morgan fingerprint density at radius 3 is 1.17 bits per heavy atom. The Bertz CT molecular complexity index is 3520. The molecule has 0 amide bonds. The first-order valence-corrected chi connectivity index (χ1v) is 19.9. The van der Waals surface area contributed by atoms with E-state index in [1.54, 1.807) is 0 Å². The van der Waals surface area contributed by atoms with Crippen molar-refractivity contribution in [2.45, 2.75) is 0 Å². The maximum atomic E-state index is 9.89. The van der Waals surface area contributed by atoms with E-state index >= 15 is 0 Å². The zero-order valence-corrected chi connectivity index (χ0v) is 32.3. The van der Waals surface area contributed by atoms with Crippen LogP contribution in [0.5, 0.6) is 0 Å². The third-order valence-corrected chi connectivity index (χ3v) is 11.6. The molecule has 278 valence electrons. The molecular formula is C55H33N5. The highest BCUT2D eigenvalue weighted by Crippen LogP contribution is 2.43. The summed E-state index contributed by atoms with van der Waals surface area (Å²) in [4.78, 5) is 5.55. The lowest BCUT2D eigenvalue weighted by Gasteiger charge is -2.19. The van der Waals surface area contributed by atoms with E-state index in [1.165, 1.54) is 0 Å². The van der Waals surface area contributed by atoms with Gasteiger partial charge in [0, 0.05) is 21.5 Å². The Hall–Kier alpha value is -8.51. The summed E-state index contributed by atoms with van der Waals surface area (Å²) >= 11 is 0. The number of pyridine rings is 1. The van der Waals surface area contributed by atoms with E-state index in [2.05, 4.69) is 173 Å². The van der Waals surface area contributed by atoms with Crippen molar-refractivity contribution in [2.24, 2.45) is 0 Å². The number of rotatable bonds is 6. The SMILES string of the molecule is N#Cc1ccc(-c2ccccc2-c2ccccc2-c2ccccc2-c2cc(-n3c4ccccc4c4ccccc43)nc(-n3c4ccccc4c4cc(C#N)ccc43)c2)cc1. The highest BCUT2D eigenvalue weighted by Gasteiger charge is 2.21. The molecular weight excluding hydrogens is 731 g/mol. The van der Waals surface area contributed by atoms with Gasteiger partial charge in [-0.2, -0.15) is 10.5 Å². The Morgan fingerprint density at radius 2 is 0.683 bits per heavy atom. The molecule has 60 heavy (non-hydrogen) atoms. The predicted molar refractivity (Wildman–Crippen MR) is 244 cm³/mol. The molecule has 11 rings (SSSR count). The van der Waals surface area contributed by atoms with Crippen molar-refractivity contribution in [2.75, 3.05) is 0 Å². The topological polar surface area (TPSA) is 70.3 Å². The highest BCUT2D eigenvalue weighted by atomic mass is 15.1. The first-order valence-electron chi connectivity index (χ1n) is 19.9. The van der Waals surface area contributed by atoms with Gasteiger partial charge in [0.05, 0.1) is 45.3 Å². The molecule has 0 N–H and O–H groups in total. The number of para-hydroxylation sites is 3. The number of fused-ring (bicyclic) bond motifs is 6. The first-order chi connectivity index (χ1) is 29.7. The van der Waals surface area contributed by atoms with Crippen LogP contribution in [0.15, 0.2) is 200 Å². The van der Waals surface area contributed by atoms with E-state index in [1.807, 2.05) is 48.5 Å². The number of hydrogen-bond acceptors (Lipinski definition) is 3. The van der Waals surface area contributed by atoms with Crippen LogP contribution in [0.2, 0.25) is 0 Å². The van der Waals surface area contributed by atoms with Gasteiger partial charge >= 0.3 is 0 Å². The van der Waals surface area contributed by atoms with E-state index in [0.29, 0.717) is 11.1 Å². The zero-order chi connectivity index (χ0) is 40.2. The minimum atomic E-state index is 0.617.